The highest BCUT2D eigenvalue weighted by atomic mass is 32.1. The van der Waals surface area contributed by atoms with Gasteiger partial charge in [0.2, 0.25) is 0 Å². The minimum atomic E-state index is 0.698. The zero-order valence-corrected chi connectivity index (χ0v) is 14.7. The third kappa shape index (κ3) is 2.83. The Balaban J connectivity index is 1.78. The first kappa shape index (κ1) is 15.6. The van der Waals surface area contributed by atoms with Gasteiger partial charge in [0, 0.05) is 11.8 Å². The molecule has 0 bridgehead atoms. The van der Waals surface area contributed by atoms with Crippen LogP contribution in [0.15, 0.2) is 60.8 Å². The zero-order chi connectivity index (χ0) is 17.2. The molecule has 0 spiro atoms. The molecule has 5 heteroatoms. The summed E-state index contributed by atoms with van der Waals surface area (Å²) in [6.07, 6.45) is 1.88. The Hall–Kier alpha value is -2.92. The average Bonchev–Trinajstić information content (AvgIpc) is 3.11. The van der Waals surface area contributed by atoms with Crippen molar-refractivity contribution in [1.29, 1.82) is 0 Å². The van der Waals surface area contributed by atoms with Gasteiger partial charge in [-0.1, -0.05) is 36.4 Å². The largest absolute Gasteiger partial charge is 0.493 e. The predicted molar refractivity (Wildman–Crippen MR) is 101 cm³/mol. The summed E-state index contributed by atoms with van der Waals surface area (Å²) >= 11 is 1.48. The number of ether oxygens (including phenoxy) is 2. The lowest BCUT2D eigenvalue weighted by Gasteiger charge is -2.09. The van der Waals surface area contributed by atoms with E-state index in [0.717, 1.165) is 32.6 Å². The molecule has 4 aromatic rings. The fourth-order valence-electron chi connectivity index (χ4n) is 2.79. The number of pyridine rings is 1. The van der Waals surface area contributed by atoms with E-state index in [9.17, 15) is 0 Å². The van der Waals surface area contributed by atoms with Gasteiger partial charge in [-0.3, -0.25) is 4.98 Å². The van der Waals surface area contributed by atoms with Gasteiger partial charge in [0.1, 0.15) is 11.0 Å². The lowest BCUT2D eigenvalue weighted by Crippen LogP contribution is -1.91. The van der Waals surface area contributed by atoms with Gasteiger partial charge in [0.05, 0.1) is 19.1 Å². The normalized spacial score (nSPS) is 10.8. The van der Waals surface area contributed by atoms with Crippen molar-refractivity contribution in [1.82, 2.24) is 9.36 Å². The Morgan fingerprint density at radius 1 is 0.800 bits per heavy atom. The van der Waals surface area contributed by atoms with E-state index in [-0.39, 0.29) is 0 Å². The maximum Gasteiger partial charge on any atom is 0.161 e. The van der Waals surface area contributed by atoms with Crippen molar-refractivity contribution in [3.8, 4) is 33.1 Å². The first-order chi connectivity index (χ1) is 12.3. The van der Waals surface area contributed by atoms with E-state index >= 15 is 0 Å². The second kappa shape index (κ2) is 6.53. The van der Waals surface area contributed by atoms with Crippen molar-refractivity contribution in [2.75, 3.05) is 14.2 Å². The van der Waals surface area contributed by atoms with Crippen LogP contribution in [-0.2, 0) is 0 Å². The van der Waals surface area contributed by atoms with Crippen LogP contribution in [-0.4, -0.2) is 23.6 Å². The van der Waals surface area contributed by atoms with Crippen LogP contribution in [0.1, 0.15) is 0 Å². The van der Waals surface area contributed by atoms with E-state index < -0.39 is 0 Å². The Labute approximate surface area is 149 Å². The van der Waals surface area contributed by atoms with Crippen molar-refractivity contribution >= 4 is 22.6 Å². The molecule has 0 unspecified atom stereocenters. The maximum absolute atomic E-state index is 5.39. The average molecular weight is 348 g/mol. The summed E-state index contributed by atoms with van der Waals surface area (Å²) in [6, 6.07) is 18.1. The van der Waals surface area contributed by atoms with E-state index in [0.29, 0.717) is 11.5 Å². The zero-order valence-electron chi connectivity index (χ0n) is 13.9. The second-order valence-electron chi connectivity index (χ2n) is 5.54. The van der Waals surface area contributed by atoms with Crippen LogP contribution in [0.2, 0.25) is 0 Å². The molecule has 4 rings (SSSR count). The Bertz CT molecular complexity index is 1030. The summed E-state index contributed by atoms with van der Waals surface area (Å²) in [5.74, 6) is 1.41. The van der Waals surface area contributed by atoms with Gasteiger partial charge in [-0.2, -0.15) is 4.37 Å². The van der Waals surface area contributed by atoms with E-state index in [1.165, 1.54) is 11.5 Å². The molecule has 4 nitrogen and oxygen atoms in total. The molecule has 0 aliphatic carbocycles. The molecule has 2 heterocycles. The van der Waals surface area contributed by atoms with E-state index in [2.05, 4.69) is 27.6 Å². The predicted octanol–water partition coefficient (Wildman–Crippen LogP) is 5.04. The minimum absolute atomic E-state index is 0.698. The van der Waals surface area contributed by atoms with Crippen LogP contribution in [0.4, 0.5) is 0 Å². The topological polar surface area (TPSA) is 44.2 Å². The van der Waals surface area contributed by atoms with Gasteiger partial charge in [-0.25, -0.2) is 0 Å². The molecule has 0 amide bonds. The van der Waals surface area contributed by atoms with Crippen LogP contribution >= 0.6 is 11.5 Å². The SMILES string of the molecule is COc1ccc(-c2cnc3c(-c4ccccc4)snc3c2)cc1OC. The number of hydrogen-bond acceptors (Lipinski definition) is 5. The monoisotopic (exact) mass is 348 g/mol. The Kier molecular flexibility index (Phi) is 4.07. The van der Waals surface area contributed by atoms with Gasteiger partial charge in [-0.15, -0.1) is 0 Å². The quantitative estimate of drug-likeness (QED) is 0.518. The lowest BCUT2D eigenvalue weighted by atomic mass is 10.1. The molecule has 0 radical (unpaired) electrons. The summed E-state index contributed by atoms with van der Waals surface area (Å²) in [5, 5.41) is 0. The first-order valence-corrected chi connectivity index (χ1v) is 8.60. The summed E-state index contributed by atoms with van der Waals surface area (Å²) in [6.45, 7) is 0. The molecule has 0 aliphatic heterocycles. The number of benzene rings is 2. The molecule has 0 aliphatic rings. The second-order valence-corrected chi connectivity index (χ2v) is 6.31. The molecule has 0 saturated heterocycles. The van der Waals surface area contributed by atoms with E-state index in [1.54, 1.807) is 14.2 Å². The fraction of sp³-hybridized carbons (Fsp3) is 0.100. The Morgan fingerprint density at radius 3 is 2.36 bits per heavy atom. The van der Waals surface area contributed by atoms with E-state index in [1.807, 2.05) is 42.6 Å². The first-order valence-electron chi connectivity index (χ1n) is 7.83. The van der Waals surface area contributed by atoms with Crippen LogP contribution in [0.25, 0.3) is 32.6 Å². The summed E-state index contributed by atoms with van der Waals surface area (Å²) in [7, 11) is 3.27. The number of aromatic nitrogens is 2. The Morgan fingerprint density at radius 2 is 1.60 bits per heavy atom. The summed E-state index contributed by atoms with van der Waals surface area (Å²) < 4.78 is 15.3. The number of fused-ring (bicyclic) bond motifs is 1. The van der Waals surface area contributed by atoms with Gasteiger partial charge in [-0.05, 0) is 40.9 Å². The molecule has 0 saturated carbocycles. The maximum atomic E-state index is 5.39. The van der Waals surface area contributed by atoms with Crippen molar-refractivity contribution in [2.45, 2.75) is 0 Å². The number of rotatable bonds is 4. The highest BCUT2D eigenvalue weighted by molar-refractivity contribution is 7.11. The van der Waals surface area contributed by atoms with Crippen molar-refractivity contribution in [3.05, 3.63) is 60.8 Å². The minimum Gasteiger partial charge on any atom is -0.493 e. The van der Waals surface area contributed by atoms with Crippen molar-refractivity contribution < 1.29 is 9.47 Å². The fourth-order valence-corrected chi connectivity index (χ4v) is 3.60. The van der Waals surface area contributed by atoms with Gasteiger partial charge >= 0.3 is 0 Å². The molecular weight excluding hydrogens is 332 g/mol. The highest BCUT2D eigenvalue weighted by Gasteiger charge is 2.12. The standard InChI is InChI=1S/C20H16N2O2S/c1-23-17-9-8-14(11-18(17)24-2)15-10-16-19(21-12-15)20(25-22-16)13-6-4-3-5-7-13/h3-12H,1-2H3. The number of methoxy groups -OCH3 is 2. The molecule has 25 heavy (non-hydrogen) atoms. The van der Waals surface area contributed by atoms with Crippen LogP contribution < -0.4 is 9.47 Å². The third-order valence-corrected chi connectivity index (χ3v) is 4.97. The third-order valence-electron chi connectivity index (χ3n) is 4.07. The molecule has 2 aromatic carbocycles. The van der Waals surface area contributed by atoms with Crippen molar-refractivity contribution in [3.63, 3.8) is 0 Å². The molecule has 0 atom stereocenters. The summed E-state index contributed by atoms with van der Waals surface area (Å²) in [4.78, 5) is 5.76. The highest BCUT2D eigenvalue weighted by Crippen LogP contribution is 2.35. The summed E-state index contributed by atoms with van der Waals surface area (Å²) in [5.41, 5.74) is 4.98. The molecule has 124 valence electrons. The van der Waals surface area contributed by atoms with Gasteiger partial charge in [0.15, 0.2) is 11.5 Å². The smallest absolute Gasteiger partial charge is 0.161 e. The number of hydrogen-bond donors (Lipinski definition) is 0. The van der Waals surface area contributed by atoms with E-state index in [4.69, 9.17) is 9.47 Å². The molecular formula is C20H16N2O2S. The lowest BCUT2D eigenvalue weighted by molar-refractivity contribution is 0.355. The number of nitrogens with zero attached hydrogens (tertiary/aromatic N) is 2. The van der Waals surface area contributed by atoms with Gasteiger partial charge in [0.25, 0.3) is 0 Å². The molecule has 0 N–H and O–H groups in total. The van der Waals surface area contributed by atoms with Crippen LogP contribution in [0.5, 0.6) is 11.5 Å². The molecule has 2 aromatic heterocycles. The van der Waals surface area contributed by atoms with Crippen molar-refractivity contribution in [2.24, 2.45) is 0 Å². The van der Waals surface area contributed by atoms with Gasteiger partial charge < -0.3 is 9.47 Å². The van der Waals surface area contributed by atoms with Crippen LogP contribution in [0, 0.1) is 0 Å². The molecule has 0 fully saturated rings. The van der Waals surface area contributed by atoms with Crippen LogP contribution in [0.3, 0.4) is 0 Å².